The van der Waals surface area contributed by atoms with Gasteiger partial charge in [-0.05, 0) is 29.3 Å². The largest absolute Gasteiger partial charge is 0.487 e. The van der Waals surface area contributed by atoms with E-state index in [2.05, 4.69) is 4.29 Å². The van der Waals surface area contributed by atoms with Crippen molar-refractivity contribution in [1.29, 1.82) is 0 Å². The Labute approximate surface area is 188 Å². The highest BCUT2D eigenvalue weighted by atomic mass is 35.5. The number of rotatable bonds is 7. The second kappa shape index (κ2) is 9.25. The zero-order valence-electron chi connectivity index (χ0n) is 16.3. The average Bonchev–Trinajstić information content (AvgIpc) is 3.17. The van der Waals surface area contributed by atoms with Gasteiger partial charge in [0.15, 0.2) is 0 Å². The Morgan fingerprint density at radius 3 is 2.32 bits per heavy atom. The van der Waals surface area contributed by atoms with Crippen LogP contribution in [-0.2, 0) is 22.2 Å². The lowest BCUT2D eigenvalue weighted by Crippen LogP contribution is -2.13. The molecule has 1 heterocycles. The van der Waals surface area contributed by atoms with E-state index in [0.717, 1.165) is 11.1 Å². The molecule has 1 aromatic heterocycles. The number of nitrogens with zero attached hydrogens (tertiary/aromatic N) is 1. The lowest BCUT2D eigenvalue weighted by atomic mass is 10.1. The molecule has 0 unspecified atom stereocenters. The van der Waals surface area contributed by atoms with Crippen LogP contribution >= 0.6 is 23.5 Å². The normalized spacial score (nSPS) is 10.8. The maximum atomic E-state index is 12.6. The minimum Gasteiger partial charge on any atom is -0.487 e. The van der Waals surface area contributed by atoms with Gasteiger partial charge in [0.05, 0.1) is 11.1 Å². The summed E-state index contributed by atoms with van der Waals surface area (Å²) < 4.78 is 12.1. The molecule has 5 nitrogen and oxygen atoms in total. The number of ketones is 1. The van der Waals surface area contributed by atoms with Crippen molar-refractivity contribution in [3.05, 3.63) is 101 Å². The van der Waals surface area contributed by atoms with E-state index in [4.69, 9.17) is 28.2 Å². The molecule has 4 aromatic rings. The second-order valence-electron chi connectivity index (χ2n) is 6.92. The number of para-hydroxylation sites is 1. The molecule has 0 fully saturated rings. The Balaban J connectivity index is 1.78. The van der Waals surface area contributed by atoms with Crippen LogP contribution in [-0.4, -0.2) is 16.3 Å². The highest BCUT2D eigenvalue weighted by Crippen LogP contribution is 2.32. The van der Waals surface area contributed by atoms with Gasteiger partial charge in [0, 0.05) is 23.2 Å². The van der Waals surface area contributed by atoms with Crippen LogP contribution in [0.4, 0.5) is 0 Å². The summed E-state index contributed by atoms with van der Waals surface area (Å²) >= 11 is 11.1. The van der Waals surface area contributed by atoms with Gasteiger partial charge in [0.1, 0.15) is 24.2 Å². The fourth-order valence-electron chi connectivity index (χ4n) is 3.41. The predicted octanol–water partition coefficient (Wildman–Crippen LogP) is 5.80. The Bertz CT molecular complexity index is 1230. The summed E-state index contributed by atoms with van der Waals surface area (Å²) in [5.41, 5.74) is 2.87. The quantitative estimate of drug-likeness (QED) is 0.262. The lowest BCUT2D eigenvalue weighted by Gasteiger charge is -2.12. The third kappa shape index (κ3) is 4.58. The third-order valence-electron chi connectivity index (χ3n) is 4.86. The number of carbonyl (C=O) groups excluding carboxylic acids is 2. The molecule has 0 saturated carbocycles. The van der Waals surface area contributed by atoms with Crippen LogP contribution < -0.4 is 4.74 Å². The maximum absolute atomic E-state index is 12.6. The van der Waals surface area contributed by atoms with Crippen LogP contribution in [0.15, 0.2) is 79.0 Å². The van der Waals surface area contributed by atoms with E-state index in [1.807, 2.05) is 53.1 Å². The zero-order valence-corrected chi connectivity index (χ0v) is 17.8. The number of hydrogen-bond acceptors (Lipinski definition) is 4. The lowest BCUT2D eigenvalue weighted by molar-refractivity contribution is -0.128. The Morgan fingerprint density at radius 2 is 1.61 bits per heavy atom. The van der Waals surface area contributed by atoms with E-state index in [1.165, 1.54) is 0 Å². The van der Waals surface area contributed by atoms with Crippen molar-refractivity contribution in [3.8, 4) is 5.75 Å². The van der Waals surface area contributed by atoms with Crippen LogP contribution in [0.3, 0.4) is 0 Å². The number of fused-ring (bicyclic) bond motifs is 1. The number of aromatic nitrogens is 1. The van der Waals surface area contributed by atoms with E-state index in [9.17, 15) is 9.59 Å². The molecule has 0 aliphatic heterocycles. The summed E-state index contributed by atoms with van der Waals surface area (Å²) in [5, 5.41) is 1.21. The van der Waals surface area contributed by atoms with Gasteiger partial charge >= 0.3 is 5.97 Å². The van der Waals surface area contributed by atoms with E-state index < -0.39 is 11.8 Å². The highest BCUT2D eigenvalue weighted by molar-refractivity contribution is 6.45. The first-order chi connectivity index (χ1) is 15.1. The number of Topliss-reactive ketones (excluding diaryl/α,β-unsaturated/α-hetero) is 1. The third-order valence-corrected chi connectivity index (χ3v) is 5.26. The molecule has 31 heavy (non-hydrogen) atoms. The van der Waals surface area contributed by atoms with Gasteiger partial charge in [-0.25, -0.2) is 4.79 Å². The number of benzene rings is 3. The summed E-state index contributed by atoms with van der Waals surface area (Å²) in [7, 11) is 0. The molecule has 4 rings (SSSR count). The van der Waals surface area contributed by atoms with Gasteiger partial charge in [0.25, 0.3) is 5.78 Å². The molecule has 0 aliphatic rings. The Hall–Kier alpha value is -3.28. The van der Waals surface area contributed by atoms with Crippen LogP contribution in [0.1, 0.15) is 21.5 Å². The Kier molecular flexibility index (Phi) is 6.26. The summed E-state index contributed by atoms with van der Waals surface area (Å²) in [6, 6.07) is 22.5. The molecule has 0 saturated heterocycles. The minimum absolute atomic E-state index is 0.194. The topological polar surface area (TPSA) is 57.5 Å². The Morgan fingerprint density at radius 1 is 0.871 bits per heavy atom. The molecule has 7 heteroatoms. The molecule has 156 valence electrons. The van der Waals surface area contributed by atoms with Gasteiger partial charge in [-0.1, -0.05) is 66.2 Å². The van der Waals surface area contributed by atoms with Gasteiger partial charge in [-0.2, -0.15) is 0 Å². The fraction of sp³-hybridized carbons (Fsp3) is 0.0833. The van der Waals surface area contributed by atoms with Crippen LogP contribution in [0.5, 0.6) is 5.75 Å². The molecule has 0 spiro atoms. The van der Waals surface area contributed by atoms with Gasteiger partial charge in [-0.3, -0.25) is 4.79 Å². The summed E-state index contributed by atoms with van der Waals surface area (Å²) in [4.78, 5) is 24.4. The summed E-state index contributed by atoms with van der Waals surface area (Å²) in [6.45, 7) is 0.807. The van der Waals surface area contributed by atoms with Crippen molar-refractivity contribution in [1.82, 2.24) is 4.57 Å². The SMILES string of the molecule is O=C(OCl)C(=O)c1cn(Cc2ccc(Cl)cc2)c2c(OCc3ccccc3)cccc12. The fourth-order valence-corrected chi connectivity index (χ4v) is 3.61. The first-order valence-corrected chi connectivity index (χ1v) is 10.2. The van der Waals surface area contributed by atoms with Crippen molar-refractivity contribution in [3.63, 3.8) is 0 Å². The number of hydrogen-bond donors (Lipinski definition) is 0. The number of halogens is 2. The molecular weight excluding hydrogens is 437 g/mol. The van der Waals surface area contributed by atoms with Gasteiger partial charge in [-0.15, -0.1) is 0 Å². The smallest absolute Gasteiger partial charge is 0.397 e. The molecule has 0 bridgehead atoms. The zero-order chi connectivity index (χ0) is 21.8. The van der Waals surface area contributed by atoms with E-state index in [1.54, 1.807) is 30.5 Å². The second-order valence-corrected chi connectivity index (χ2v) is 7.51. The van der Waals surface area contributed by atoms with E-state index >= 15 is 0 Å². The first kappa shape index (κ1) is 21.0. The molecule has 0 radical (unpaired) electrons. The summed E-state index contributed by atoms with van der Waals surface area (Å²) in [5.74, 6) is -1.37. The van der Waals surface area contributed by atoms with Crippen LogP contribution in [0, 0.1) is 0 Å². The van der Waals surface area contributed by atoms with Crippen molar-refractivity contribution in [2.75, 3.05) is 0 Å². The van der Waals surface area contributed by atoms with Crippen molar-refractivity contribution < 1.29 is 18.6 Å². The van der Waals surface area contributed by atoms with E-state index in [0.29, 0.717) is 34.8 Å². The summed E-state index contributed by atoms with van der Waals surface area (Å²) in [6.07, 6.45) is 1.62. The monoisotopic (exact) mass is 453 g/mol. The van der Waals surface area contributed by atoms with Crippen LogP contribution in [0.25, 0.3) is 10.9 Å². The standard InChI is InChI=1S/C24H17Cl2NO4/c25-18-11-9-16(10-12-18)13-27-14-20(23(28)24(29)31-26)19-7-4-8-21(22(19)27)30-15-17-5-2-1-3-6-17/h1-12,14H,13,15H2. The molecule has 0 N–H and O–H groups in total. The number of carbonyl (C=O) groups is 2. The van der Waals surface area contributed by atoms with Gasteiger partial charge < -0.3 is 13.6 Å². The van der Waals surface area contributed by atoms with Crippen LogP contribution in [0.2, 0.25) is 5.02 Å². The molecule has 0 aliphatic carbocycles. The maximum Gasteiger partial charge on any atom is 0.397 e. The van der Waals surface area contributed by atoms with Crippen molar-refractivity contribution >= 4 is 46.1 Å². The van der Waals surface area contributed by atoms with Gasteiger partial charge in [0.2, 0.25) is 0 Å². The van der Waals surface area contributed by atoms with E-state index in [-0.39, 0.29) is 5.56 Å². The predicted molar refractivity (Wildman–Crippen MR) is 120 cm³/mol. The molecule has 3 aromatic carbocycles. The first-order valence-electron chi connectivity index (χ1n) is 9.47. The number of ether oxygens (including phenoxy) is 1. The molecular formula is C24H17Cl2NO4. The van der Waals surface area contributed by atoms with Crippen molar-refractivity contribution in [2.24, 2.45) is 0 Å². The molecule has 0 amide bonds. The average molecular weight is 454 g/mol. The highest BCUT2D eigenvalue weighted by Gasteiger charge is 2.24. The molecule has 0 atom stereocenters. The minimum atomic E-state index is -1.14. The van der Waals surface area contributed by atoms with Crippen molar-refractivity contribution in [2.45, 2.75) is 13.2 Å².